The number of hydrogen-bond donors (Lipinski definition) is 1. The van der Waals surface area contributed by atoms with Crippen LogP contribution in [-0.2, 0) is 18.5 Å². The van der Waals surface area contributed by atoms with Gasteiger partial charge in [0.25, 0.3) is 0 Å². The van der Waals surface area contributed by atoms with Crippen molar-refractivity contribution in [3.05, 3.63) is 44.9 Å². The molecule has 1 heterocycles. The van der Waals surface area contributed by atoms with E-state index in [4.69, 9.17) is 11.6 Å². The molecule has 0 radical (unpaired) electrons. The van der Waals surface area contributed by atoms with Crippen LogP contribution in [0.3, 0.4) is 0 Å². The molecule has 0 unspecified atom stereocenters. The quantitative estimate of drug-likeness (QED) is 0.780. The zero-order valence-electron chi connectivity index (χ0n) is 11.0. The standard InChI is InChI=1S/C13H12ClF3N2S2/c1-18-6-10-12(13(15,16)17)19-11(21-10)7-20-9-4-2-3-8(14)5-9/h2-5,18H,6-7H2,1H3. The molecule has 0 amide bonds. The lowest BCUT2D eigenvalue weighted by molar-refractivity contribution is -0.141. The molecule has 0 aliphatic rings. The molecule has 2 aromatic rings. The van der Waals surface area contributed by atoms with Crippen LogP contribution in [0.4, 0.5) is 13.2 Å². The molecule has 0 fully saturated rings. The number of halogens is 4. The molecular weight excluding hydrogens is 341 g/mol. The Morgan fingerprint density at radius 1 is 1.38 bits per heavy atom. The fourth-order valence-electron chi connectivity index (χ4n) is 1.67. The van der Waals surface area contributed by atoms with Crippen LogP contribution < -0.4 is 5.32 Å². The van der Waals surface area contributed by atoms with Crippen LogP contribution in [0.5, 0.6) is 0 Å². The van der Waals surface area contributed by atoms with Gasteiger partial charge in [-0.15, -0.1) is 23.1 Å². The topological polar surface area (TPSA) is 24.9 Å². The summed E-state index contributed by atoms with van der Waals surface area (Å²) in [4.78, 5) is 4.86. The van der Waals surface area contributed by atoms with E-state index in [9.17, 15) is 13.2 Å². The van der Waals surface area contributed by atoms with Crippen molar-refractivity contribution in [1.29, 1.82) is 0 Å². The molecule has 114 valence electrons. The molecular formula is C13H12ClF3N2S2. The molecule has 8 heteroatoms. The van der Waals surface area contributed by atoms with E-state index in [-0.39, 0.29) is 11.4 Å². The SMILES string of the molecule is CNCc1sc(CSc2cccc(Cl)c2)nc1C(F)(F)F. The van der Waals surface area contributed by atoms with Gasteiger partial charge in [0.05, 0.1) is 10.6 Å². The second kappa shape index (κ2) is 7.00. The molecule has 1 aromatic carbocycles. The van der Waals surface area contributed by atoms with E-state index in [1.54, 1.807) is 25.2 Å². The van der Waals surface area contributed by atoms with Crippen molar-refractivity contribution >= 4 is 34.7 Å². The minimum absolute atomic E-state index is 0.161. The zero-order chi connectivity index (χ0) is 15.5. The lowest BCUT2D eigenvalue weighted by Gasteiger charge is -2.04. The summed E-state index contributed by atoms with van der Waals surface area (Å²) in [6.45, 7) is 0.161. The van der Waals surface area contributed by atoms with E-state index in [0.717, 1.165) is 16.2 Å². The number of alkyl halides is 3. The third-order valence-corrected chi connectivity index (χ3v) is 4.98. The van der Waals surface area contributed by atoms with E-state index in [2.05, 4.69) is 10.3 Å². The number of nitrogens with zero attached hydrogens (tertiary/aromatic N) is 1. The summed E-state index contributed by atoms with van der Waals surface area (Å²) >= 11 is 8.37. The highest BCUT2D eigenvalue weighted by molar-refractivity contribution is 7.98. The van der Waals surface area contributed by atoms with Crippen molar-refractivity contribution in [2.45, 2.75) is 23.4 Å². The molecule has 0 saturated heterocycles. The first-order chi connectivity index (χ1) is 9.90. The van der Waals surface area contributed by atoms with Gasteiger partial charge in [0.15, 0.2) is 5.69 Å². The Balaban J connectivity index is 2.13. The summed E-state index contributed by atoms with van der Waals surface area (Å²) in [6.07, 6.45) is -4.42. The van der Waals surface area contributed by atoms with E-state index in [1.807, 2.05) is 6.07 Å². The van der Waals surface area contributed by atoms with Gasteiger partial charge < -0.3 is 5.32 Å². The maximum absolute atomic E-state index is 12.9. The maximum Gasteiger partial charge on any atom is 0.434 e. The average molecular weight is 353 g/mol. The largest absolute Gasteiger partial charge is 0.434 e. The molecule has 0 aliphatic carbocycles. The molecule has 2 rings (SSSR count). The molecule has 0 aliphatic heterocycles. The van der Waals surface area contributed by atoms with Crippen molar-refractivity contribution in [2.75, 3.05) is 7.05 Å². The number of thiazole rings is 1. The highest BCUT2D eigenvalue weighted by Gasteiger charge is 2.37. The number of benzene rings is 1. The second-order valence-corrected chi connectivity index (χ2v) is 6.81. The van der Waals surface area contributed by atoms with Gasteiger partial charge in [-0.3, -0.25) is 0 Å². The number of thioether (sulfide) groups is 1. The van der Waals surface area contributed by atoms with Crippen molar-refractivity contribution in [2.24, 2.45) is 0 Å². The monoisotopic (exact) mass is 352 g/mol. The Labute approximate surface area is 133 Å². The van der Waals surface area contributed by atoms with Crippen LogP contribution in [0.1, 0.15) is 15.6 Å². The van der Waals surface area contributed by atoms with Gasteiger partial charge in [-0.1, -0.05) is 17.7 Å². The molecule has 1 N–H and O–H groups in total. The Morgan fingerprint density at radius 2 is 2.14 bits per heavy atom. The number of hydrogen-bond acceptors (Lipinski definition) is 4. The third kappa shape index (κ3) is 4.60. The van der Waals surface area contributed by atoms with Crippen LogP contribution in [0.15, 0.2) is 29.2 Å². The molecule has 0 spiro atoms. The predicted octanol–water partition coefficient (Wildman–Crippen LogP) is 4.83. The van der Waals surface area contributed by atoms with E-state index in [1.165, 1.54) is 11.8 Å². The first kappa shape index (κ1) is 16.6. The normalized spacial score (nSPS) is 11.9. The first-order valence-corrected chi connectivity index (χ1v) is 8.17. The Kier molecular flexibility index (Phi) is 5.54. The summed E-state index contributed by atoms with van der Waals surface area (Å²) in [6, 6.07) is 7.20. The van der Waals surface area contributed by atoms with Gasteiger partial charge in [0.1, 0.15) is 5.01 Å². The fraction of sp³-hybridized carbons (Fsp3) is 0.308. The second-order valence-electron chi connectivity index (χ2n) is 4.15. The van der Waals surface area contributed by atoms with Gasteiger partial charge in [0.2, 0.25) is 0 Å². The van der Waals surface area contributed by atoms with Crippen LogP contribution in [0, 0.1) is 0 Å². The third-order valence-electron chi connectivity index (χ3n) is 2.51. The smallest absolute Gasteiger partial charge is 0.315 e. The summed E-state index contributed by atoms with van der Waals surface area (Å²) < 4.78 is 38.7. The van der Waals surface area contributed by atoms with Gasteiger partial charge in [-0.2, -0.15) is 13.2 Å². The van der Waals surface area contributed by atoms with Crippen LogP contribution in [0.2, 0.25) is 5.02 Å². The highest BCUT2D eigenvalue weighted by Crippen LogP contribution is 2.36. The fourth-order valence-corrected chi connectivity index (χ4v) is 3.97. The molecule has 0 bridgehead atoms. The summed E-state index contributed by atoms with van der Waals surface area (Å²) in [5.41, 5.74) is -0.788. The maximum atomic E-state index is 12.9. The molecule has 0 atom stereocenters. The van der Waals surface area contributed by atoms with Crippen molar-refractivity contribution < 1.29 is 13.2 Å². The molecule has 2 nitrogen and oxygen atoms in total. The minimum Gasteiger partial charge on any atom is -0.315 e. The Bertz CT molecular complexity index is 614. The van der Waals surface area contributed by atoms with Crippen LogP contribution in [-0.4, -0.2) is 12.0 Å². The first-order valence-electron chi connectivity index (χ1n) is 5.99. The molecule has 1 aromatic heterocycles. The Hall–Kier alpha value is -0.760. The summed E-state index contributed by atoms with van der Waals surface area (Å²) in [7, 11) is 1.61. The zero-order valence-corrected chi connectivity index (χ0v) is 13.4. The van der Waals surface area contributed by atoms with E-state index in [0.29, 0.717) is 15.8 Å². The van der Waals surface area contributed by atoms with E-state index >= 15 is 0 Å². The van der Waals surface area contributed by atoms with Crippen molar-refractivity contribution in [3.8, 4) is 0 Å². The number of nitrogens with one attached hydrogen (secondary N) is 1. The lowest BCUT2D eigenvalue weighted by Crippen LogP contribution is -2.12. The van der Waals surface area contributed by atoms with Crippen LogP contribution in [0.25, 0.3) is 0 Å². The Morgan fingerprint density at radius 3 is 2.76 bits per heavy atom. The number of rotatable bonds is 5. The highest BCUT2D eigenvalue weighted by atomic mass is 35.5. The van der Waals surface area contributed by atoms with Gasteiger partial charge in [-0.05, 0) is 25.2 Å². The van der Waals surface area contributed by atoms with Gasteiger partial charge in [0, 0.05) is 16.5 Å². The summed E-state index contributed by atoms with van der Waals surface area (Å²) in [5, 5.41) is 3.80. The van der Waals surface area contributed by atoms with Gasteiger partial charge in [-0.25, -0.2) is 4.98 Å². The average Bonchev–Trinajstić information content (AvgIpc) is 2.80. The predicted molar refractivity (Wildman–Crippen MR) is 80.9 cm³/mol. The van der Waals surface area contributed by atoms with E-state index < -0.39 is 11.9 Å². The van der Waals surface area contributed by atoms with Crippen molar-refractivity contribution in [1.82, 2.24) is 10.3 Å². The van der Waals surface area contributed by atoms with Crippen LogP contribution >= 0.6 is 34.7 Å². The van der Waals surface area contributed by atoms with Gasteiger partial charge >= 0.3 is 6.18 Å². The molecule has 21 heavy (non-hydrogen) atoms. The number of aromatic nitrogens is 1. The lowest BCUT2D eigenvalue weighted by atomic mass is 10.3. The minimum atomic E-state index is -4.42. The van der Waals surface area contributed by atoms with Crippen molar-refractivity contribution in [3.63, 3.8) is 0 Å². The summed E-state index contributed by atoms with van der Waals surface area (Å²) in [5.74, 6) is 0.387. The molecule has 0 saturated carbocycles.